The fourth-order valence-corrected chi connectivity index (χ4v) is 2.30. The van der Waals surface area contributed by atoms with Crippen LogP contribution in [0.15, 0.2) is 22.8 Å². The molecule has 0 aliphatic rings. The van der Waals surface area contributed by atoms with Gasteiger partial charge in [-0.1, -0.05) is 18.3 Å². The van der Waals surface area contributed by atoms with E-state index < -0.39 is 0 Å². The molecule has 1 unspecified atom stereocenters. The number of aryl methyl sites for hydroxylation is 2. The third-order valence-corrected chi connectivity index (χ3v) is 3.52. The van der Waals surface area contributed by atoms with Gasteiger partial charge in [0, 0.05) is 12.8 Å². The third kappa shape index (κ3) is 2.68. The van der Waals surface area contributed by atoms with E-state index in [9.17, 15) is 0 Å². The Kier molecular flexibility index (Phi) is 3.69. The first-order chi connectivity index (χ1) is 7.79. The molecule has 2 heterocycles. The van der Waals surface area contributed by atoms with E-state index in [4.69, 9.17) is 10.2 Å². The van der Waals surface area contributed by atoms with E-state index in [1.807, 2.05) is 12.1 Å². The number of hydrogen-bond donors (Lipinski definition) is 1. The molecule has 16 heavy (non-hydrogen) atoms. The molecule has 0 amide bonds. The molecular formula is C11H15N3OS. The van der Waals surface area contributed by atoms with Gasteiger partial charge in [0.1, 0.15) is 15.8 Å². The molecule has 2 rings (SSSR count). The summed E-state index contributed by atoms with van der Waals surface area (Å²) in [7, 11) is 0. The average Bonchev–Trinajstić information content (AvgIpc) is 2.96. The lowest BCUT2D eigenvalue weighted by Crippen LogP contribution is -2.07. The molecule has 0 radical (unpaired) electrons. The molecule has 1 atom stereocenters. The second-order valence-corrected chi connectivity index (χ2v) is 4.72. The van der Waals surface area contributed by atoms with Gasteiger partial charge >= 0.3 is 0 Å². The van der Waals surface area contributed by atoms with Crippen molar-refractivity contribution in [2.24, 2.45) is 5.73 Å². The maximum Gasteiger partial charge on any atom is 0.134 e. The fourth-order valence-electron chi connectivity index (χ4n) is 1.38. The van der Waals surface area contributed by atoms with Crippen molar-refractivity contribution in [2.45, 2.75) is 32.2 Å². The summed E-state index contributed by atoms with van der Waals surface area (Å²) in [6.45, 7) is 2.05. The molecule has 0 bridgehead atoms. The third-order valence-electron chi connectivity index (χ3n) is 2.40. The lowest BCUT2D eigenvalue weighted by molar-refractivity contribution is 0.508. The highest BCUT2D eigenvalue weighted by molar-refractivity contribution is 7.11. The molecule has 0 aliphatic heterocycles. The molecule has 0 saturated carbocycles. The first kappa shape index (κ1) is 11.3. The number of furan rings is 1. The van der Waals surface area contributed by atoms with Gasteiger partial charge in [-0.3, -0.25) is 0 Å². The molecule has 0 spiro atoms. The Morgan fingerprint density at radius 1 is 1.44 bits per heavy atom. The minimum Gasteiger partial charge on any atom is -0.469 e. The topological polar surface area (TPSA) is 64.9 Å². The highest BCUT2D eigenvalue weighted by Gasteiger charge is 2.10. The maximum atomic E-state index is 5.89. The molecule has 2 aromatic heterocycles. The van der Waals surface area contributed by atoms with Gasteiger partial charge < -0.3 is 10.2 Å². The predicted molar refractivity (Wildman–Crippen MR) is 63.2 cm³/mol. The highest BCUT2D eigenvalue weighted by atomic mass is 32.1. The van der Waals surface area contributed by atoms with Crippen LogP contribution in [0.4, 0.5) is 0 Å². The van der Waals surface area contributed by atoms with Crippen LogP contribution in [-0.4, -0.2) is 10.2 Å². The minimum atomic E-state index is 0.0230. The standard InChI is InChI=1S/C11H15N3OS/c1-2-9(12)11-14-13-10(16-11)6-5-8-4-3-7-15-8/h3-4,7,9H,2,5-6,12H2,1H3. The Labute approximate surface area is 98.5 Å². The normalized spacial score (nSPS) is 12.9. The van der Waals surface area contributed by atoms with Crippen molar-refractivity contribution < 1.29 is 4.42 Å². The molecule has 2 N–H and O–H groups in total. The van der Waals surface area contributed by atoms with Gasteiger partial charge in [-0.2, -0.15) is 0 Å². The first-order valence-corrected chi connectivity index (χ1v) is 6.21. The summed E-state index contributed by atoms with van der Waals surface area (Å²) in [6, 6.07) is 3.89. The zero-order valence-corrected chi connectivity index (χ0v) is 10.0. The SMILES string of the molecule is CCC(N)c1nnc(CCc2ccco2)s1. The quantitative estimate of drug-likeness (QED) is 0.866. The highest BCUT2D eigenvalue weighted by Crippen LogP contribution is 2.19. The van der Waals surface area contributed by atoms with Gasteiger partial charge in [-0.15, -0.1) is 10.2 Å². The summed E-state index contributed by atoms with van der Waals surface area (Å²) in [4.78, 5) is 0. The second-order valence-electron chi connectivity index (χ2n) is 3.63. The Morgan fingerprint density at radius 3 is 3.00 bits per heavy atom. The van der Waals surface area contributed by atoms with Gasteiger partial charge in [0.15, 0.2) is 0 Å². The van der Waals surface area contributed by atoms with Crippen molar-refractivity contribution in [3.8, 4) is 0 Å². The van der Waals surface area contributed by atoms with E-state index in [0.29, 0.717) is 0 Å². The van der Waals surface area contributed by atoms with Crippen LogP contribution in [0.5, 0.6) is 0 Å². The first-order valence-electron chi connectivity index (χ1n) is 5.40. The zero-order chi connectivity index (χ0) is 11.4. The molecule has 5 heteroatoms. The molecule has 0 aliphatic carbocycles. The van der Waals surface area contributed by atoms with Crippen LogP contribution in [0.25, 0.3) is 0 Å². The second kappa shape index (κ2) is 5.23. The van der Waals surface area contributed by atoms with Crippen LogP contribution in [0.1, 0.15) is 35.2 Å². The summed E-state index contributed by atoms with van der Waals surface area (Å²) in [5.41, 5.74) is 5.89. The summed E-state index contributed by atoms with van der Waals surface area (Å²) >= 11 is 1.60. The van der Waals surface area contributed by atoms with Crippen molar-refractivity contribution in [1.82, 2.24) is 10.2 Å². The van der Waals surface area contributed by atoms with Crippen LogP contribution < -0.4 is 5.73 Å². The van der Waals surface area contributed by atoms with E-state index in [2.05, 4.69) is 17.1 Å². The van der Waals surface area contributed by atoms with E-state index in [0.717, 1.165) is 35.0 Å². The van der Waals surface area contributed by atoms with Gasteiger partial charge in [0.05, 0.1) is 12.3 Å². The monoisotopic (exact) mass is 237 g/mol. The smallest absolute Gasteiger partial charge is 0.134 e. The van der Waals surface area contributed by atoms with Crippen molar-refractivity contribution in [3.05, 3.63) is 34.2 Å². The number of nitrogens with zero attached hydrogens (tertiary/aromatic N) is 2. The number of aromatic nitrogens is 2. The minimum absolute atomic E-state index is 0.0230. The van der Waals surface area contributed by atoms with E-state index >= 15 is 0 Å². The largest absolute Gasteiger partial charge is 0.469 e. The van der Waals surface area contributed by atoms with E-state index in [1.54, 1.807) is 17.6 Å². The number of hydrogen-bond acceptors (Lipinski definition) is 5. The molecule has 0 saturated heterocycles. The average molecular weight is 237 g/mol. The lowest BCUT2D eigenvalue weighted by atomic mass is 10.2. The Hall–Kier alpha value is -1.20. The van der Waals surface area contributed by atoms with Gasteiger partial charge in [-0.25, -0.2) is 0 Å². The lowest BCUT2D eigenvalue weighted by Gasteiger charge is -2.00. The van der Waals surface area contributed by atoms with Gasteiger partial charge in [0.2, 0.25) is 0 Å². The van der Waals surface area contributed by atoms with Crippen LogP contribution in [0, 0.1) is 0 Å². The zero-order valence-electron chi connectivity index (χ0n) is 9.22. The Balaban J connectivity index is 1.93. The summed E-state index contributed by atoms with van der Waals surface area (Å²) in [5, 5.41) is 10.2. The van der Waals surface area contributed by atoms with Crippen molar-refractivity contribution in [1.29, 1.82) is 0 Å². The molecule has 0 aromatic carbocycles. The summed E-state index contributed by atoms with van der Waals surface area (Å²) < 4.78 is 5.26. The molecule has 0 fully saturated rings. The molecule has 2 aromatic rings. The van der Waals surface area contributed by atoms with Gasteiger partial charge in [0.25, 0.3) is 0 Å². The number of nitrogens with two attached hydrogens (primary N) is 1. The molecule has 4 nitrogen and oxygen atoms in total. The Bertz CT molecular complexity index is 424. The van der Waals surface area contributed by atoms with Crippen molar-refractivity contribution in [3.63, 3.8) is 0 Å². The van der Waals surface area contributed by atoms with Crippen LogP contribution >= 0.6 is 11.3 Å². The fraction of sp³-hybridized carbons (Fsp3) is 0.455. The maximum absolute atomic E-state index is 5.89. The van der Waals surface area contributed by atoms with Crippen LogP contribution in [0.2, 0.25) is 0 Å². The summed E-state index contributed by atoms with van der Waals surface area (Å²) in [5.74, 6) is 0.983. The van der Waals surface area contributed by atoms with Crippen LogP contribution in [-0.2, 0) is 12.8 Å². The molecular weight excluding hydrogens is 222 g/mol. The van der Waals surface area contributed by atoms with E-state index in [-0.39, 0.29) is 6.04 Å². The molecule has 86 valence electrons. The number of rotatable bonds is 5. The van der Waals surface area contributed by atoms with E-state index in [1.165, 1.54) is 0 Å². The Morgan fingerprint density at radius 2 is 2.31 bits per heavy atom. The van der Waals surface area contributed by atoms with Crippen molar-refractivity contribution >= 4 is 11.3 Å². The summed E-state index contributed by atoms with van der Waals surface area (Å²) in [6.07, 6.45) is 4.31. The van der Waals surface area contributed by atoms with Crippen LogP contribution in [0.3, 0.4) is 0 Å². The van der Waals surface area contributed by atoms with Gasteiger partial charge in [-0.05, 0) is 18.6 Å². The van der Waals surface area contributed by atoms with Crippen molar-refractivity contribution in [2.75, 3.05) is 0 Å². The predicted octanol–water partition coefficient (Wildman–Crippen LogP) is 2.33.